The summed E-state index contributed by atoms with van der Waals surface area (Å²) in [5, 5.41) is 10.4. The number of fused-ring (bicyclic) bond motifs is 1. The topological polar surface area (TPSA) is 48.8 Å². The van der Waals surface area contributed by atoms with Crippen LogP contribution in [0.15, 0.2) is 12.1 Å². The van der Waals surface area contributed by atoms with Gasteiger partial charge in [0.15, 0.2) is 0 Å². The Bertz CT molecular complexity index is 581. The fourth-order valence-corrected chi connectivity index (χ4v) is 2.16. The zero-order valence-corrected chi connectivity index (χ0v) is 9.85. The summed E-state index contributed by atoms with van der Waals surface area (Å²) in [4.78, 5) is 3.19. The number of hydrogen-bond acceptors (Lipinski definition) is 2. The summed E-state index contributed by atoms with van der Waals surface area (Å²) in [5.74, 6) is 0.590. The summed E-state index contributed by atoms with van der Waals surface area (Å²) in [7, 11) is 1.56. The van der Waals surface area contributed by atoms with Gasteiger partial charge in [0, 0.05) is 16.6 Å². The third-order valence-corrected chi connectivity index (χ3v) is 3.00. The third-order valence-electron chi connectivity index (χ3n) is 2.63. The number of aromatic amines is 1. The summed E-state index contributed by atoms with van der Waals surface area (Å²) in [6, 6.07) is 5.86. The van der Waals surface area contributed by atoms with Gasteiger partial charge in [-0.3, -0.25) is 0 Å². The van der Waals surface area contributed by atoms with Crippen molar-refractivity contribution in [1.82, 2.24) is 4.98 Å². The Balaban J connectivity index is 2.86. The van der Waals surface area contributed by atoms with Gasteiger partial charge in [-0.25, -0.2) is 0 Å². The highest BCUT2D eigenvalue weighted by Gasteiger charge is 2.15. The van der Waals surface area contributed by atoms with Crippen LogP contribution in [0.5, 0.6) is 5.75 Å². The Morgan fingerprint density at radius 3 is 2.81 bits per heavy atom. The van der Waals surface area contributed by atoms with Crippen molar-refractivity contribution >= 4 is 22.5 Å². The first-order chi connectivity index (χ1) is 7.72. The number of nitrogens with one attached hydrogen (secondary N) is 1. The van der Waals surface area contributed by atoms with Crippen LogP contribution in [0, 0.1) is 11.3 Å². The standard InChI is InChI=1S/C12H11ClN2O/c1-3-8-7(6-14)11-9(15-8)4-5-10(16-2)12(11)13/h4-5,15H,3H2,1-2H3. The zero-order valence-electron chi connectivity index (χ0n) is 9.10. The molecule has 0 spiro atoms. The fraction of sp³-hybridized carbons (Fsp3) is 0.250. The van der Waals surface area contributed by atoms with E-state index in [1.165, 1.54) is 0 Å². The first kappa shape index (κ1) is 10.8. The van der Waals surface area contributed by atoms with Crippen molar-refractivity contribution in [1.29, 1.82) is 5.26 Å². The highest BCUT2D eigenvalue weighted by molar-refractivity contribution is 6.37. The maximum atomic E-state index is 9.16. The first-order valence-corrected chi connectivity index (χ1v) is 5.37. The van der Waals surface area contributed by atoms with Crippen molar-refractivity contribution in [2.75, 3.05) is 7.11 Å². The molecule has 82 valence electrons. The average Bonchev–Trinajstić information content (AvgIpc) is 2.68. The summed E-state index contributed by atoms with van der Waals surface area (Å²) < 4.78 is 5.14. The number of rotatable bonds is 2. The maximum absolute atomic E-state index is 9.16. The zero-order chi connectivity index (χ0) is 11.7. The Kier molecular flexibility index (Phi) is 2.76. The lowest BCUT2D eigenvalue weighted by atomic mass is 10.1. The number of ether oxygens (including phenoxy) is 1. The van der Waals surface area contributed by atoms with Gasteiger partial charge in [0.1, 0.15) is 11.8 Å². The smallest absolute Gasteiger partial charge is 0.138 e. The van der Waals surface area contributed by atoms with E-state index in [0.717, 1.165) is 23.0 Å². The van der Waals surface area contributed by atoms with E-state index in [0.29, 0.717) is 16.3 Å². The van der Waals surface area contributed by atoms with E-state index in [2.05, 4.69) is 11.1 Å². The van der Waals surface area contributed by atoms with Gasteiger partial charge in [-0.1, -0.05) is 18.5 Å². The molecular weight excluding hydrogens is 224 g/mol. The van der Waals surface area contributed by atoms with Crippen LogP contribution in [-0.2, 0) is 6.42 Å². The van der Waals surface area contributed by atoms with Crippen molar-refractivity contribution < 1.29 is 4.74 Å². The second-order valence-corrected chi connectivity index (χ2v) is 3.83. The van der Waals surface area contributed by atoms with Crippen LogP contribution in [-0.4, -0.2) is 12.1 Å². The van der Waals surface area contributed by atoms with Crippen LogP contribution in [0.4, 0.5) is 0 Å². The lowest BCUT2D eigenvalue weighted by Gasteiger charge is -2.03. The molecule has 0 aliphatic carbocycles. The number of halogens is 1. The van der Waals surface area contributed by atoms with Gasteiger partial charge in [-0.2, -0.15) is 5.26 Å². The van der Waals surface area contributed by atoms with Crippen LogP contribution in [0.2, 0.25) is 5.02 Å². The van der Waals surface area contributed by atoms with E-state index < -0.39 is 0 Å². The molecule has 0 fully saturated rings. The first-order valence-electron chi connectivity index (χ1n) is 5.00. The quantitative estimate of drug-likeness (QED) is 0.867. The maximum Gasteiger partial charge on any atom is 0.138 e. The molecule has 0 atom stereocenters. The Morgan fingerprint density at radius 1 is 1.50 bits per heavy atom. The van der Waals surface area contributed by atoms with Crippen LogP contribution in [0.25, 0.3) is 10.9 Å². The molecule has 1 aromatic heterocycles. The Hall–Kier alpha value is -1.66. The number of H-pyrrole nitrogens is 1. The minimum absolute atomic E-state index is 0.493. The molecule has 0 bridgehead atoms. The normalized spacial score (nSPS) is 10.4. The molecule has 1 aromatic carbocycles. The number of methoxy groups -OCH3 is 1. The summed E-state index contributed by atoms with van der Waals surface area (Å²) in [6.45, 7) is 2.00. The molecule has 1 heterocycles. The molecule has 2 aromatic rings. The Labute approximate surface area is 98.6 Å². The number of nitrogens with zero attached hydrogens (tertiary/aromatic N) is 1. The van der Waals surface area contributed by atoms with Crippen LogP contribution >= 0.6 is 11.6 Å². The summed E-state index contributed by atoms with van der Waals surface area (Å²) >= 11 is 6.20. The van der Waals surface area contributed by atoms with Gasteiger partial charge in [0.05, 0.1) is 17.7 Å². The van der Waals surface area contributed by atoms with Gasteiger partial charge in [0.2, 0.25) is 0 Å². The molecule has 0 unspecified atom stereocenters. The average molecular weight is 235 g/mol. The van der Waals surface area contributed by atoms with Gasteiger partial charge in [0.25, 0.3) is 0 Å². The van der Waals surface area contributed by atoms with Gasteiger partial charge < -0.3 is 9.72 Å². The van der Waals surface area contributed by atoms with E-state index in [-0.39, 0.29) is 0 Å². The number of nitriles is 1. The second kappa shape index (κ2) is 4.07. The molecule has 0 saturated heterocycles. The molecule has 0 aliphatic rings. The molecule has 4 heteroatoms. The number of aromatic nitrogens is 1. The van der Waals surface area contributed by atoms with Crippen molar-refractivity contribution in [2.24, 2.45) is 0 Å². The molecule has 0 amide bonds. The van der Waals surface area contributed by atoms with Gasteiger partial charge in [-0.15, -0.1) is 0 Å². The molecule has 3 nitrogen and oxygen atoms in total. The summed E-state index contributed by atoms with van der Waals surface area (Å²) in [5.41, 5.74) is 2.40. The van der Waals surface area contributed by atoms with Crippen molar-refractivity contribution in [3.63, 3.8) is 0 Å². The van der Waals surface area contributed by atoms with E-state index in [1.807, 2.05) is 13.0 Å². The van der Waals surface area contributed by atoms with Crippen LogP contribution < -0.4 is 4.74 Å². The fourth-order valence-electron chi connectivity index (χ4n) is 1.83. The lowest BCUT2D eigenvalue weighted by Crippen LogP contribution is -1.85. The summed E-state index contributed by atoms with van der Waals surface area (Å²) in [6.07, 6.45) is 0.774. The van der Waals surface area contributed by atoms with Crippen molar-refractivity contribution in [3.8, 4) is 11.8 Å². The minimum Gasteiger partial charge on any atom is -0.495 e. The van der Waals surface area contributed by atoms with Crippen LogP contribution in [0.3, 0.4) is 0 Å². The largest absolute Gasteiger partial charge is 0.495 e. The molecule has 0 saturated carbocycles. The van der Waals surface area contributed by atoms with E-state index in [4.69, 9.17) is 21.6 Å². The highest BCUT2D eigenvalue weighted by atomic mass is 35.5. The predicted octanol–water partition coefficient (Wildman–Crippen LogP) is 3.26. The second-order valence-electron chi connectivity index (χ2n) is 3.45. The SMILES string of the molecule is CCc1[nH]c2ccc(OC)c(Cl)c2c1C#N. The van der Waals surface area contributed by atoms with E-state index in [9.17, 15) is 0 Å². The van der Waals surface area contributed by atoms with E-state index >= 15 is 0 Å². The van der Waals surface area contributed by atoms with Crippen molar-refractivity contribution in [2.45, 2.75) is 13.3 Å². The Morgan fingerprint density at radius 2 is 2.25 bits per heavy atom. The van der Waals surface area contributed by atoms with E-state index in [1.54, 1.807) is 13.2 Å². The van der Waals surface area contributed by atoms with Gasteiger partial charge >= 0.3 is 0 Å². The molecule has 16 heavy (non-hydrogen) atoms. The molecule has 2 rings (SSSR count). The lowest BCUT2D eigenvalue weighted by molar-refractivity contribution is 0.415. The monoisotopic (exact) mass is 234 g/mol. The van der Waals surface area contributed by atoms with Gasteiger partial charge in [-0.05, 0) is 18.6 Å². The molecule has 0 aliphatic heterocycles. The van der Waals surface area contributed by atoms with Crippen molar-refractivity contribution in [3.05, 3.63) is 28.4 Å². The highest BCUT2D eigenvalue weighted by Crippen LogP contribution is 2.35. The molecule has 0 radical (unpaired) electrons. The minimum atomic E-state index is 0.493. The molecular formula is C12H11ClN2O. The van der Waals surface area contributed by atoms with Crippen LogP contribution in [0.1, 0.15) is 18.2 Å². The number of benzene rings is 1. The number of aryl methyl sites for hydroxylation is 1. The number of hydrogen-bond donors (Lipinski definition) is 1. The predicted molar refractivity (Wildman–Crippen MR) is 64.0 cm³/mol. The molecule has 1 N–H and O–H groups in total. The third kappa shape index (κ3) is 1.43.